The van der Waals surface area contributed by atoms with Crippen molar-refractivity contribution in [2.45, 2.75) is 60.4 Å². The molecular weight excluding hydrogens is 681 g/mol. The number of ether oxygens (including phenoxy) is 1. The van der Waals surface area contributed by atoms with Gasteiger partial charge >= 0.3 is 12.4 Å². The van der Waals surface area contributed by atoms with Crippen LogP contribution >= 0.6 is 0 Å². The first-order valence-electron chi connectivity index (χ1n) is 15.4. The Kier molecular flexibility index (Phi) is 9.92. The Morgan fingerprint density at radius 2 is 1.39 bits per heavy atom. The topological polar surface area (TPSA) is 84.0 Å². The van der Waals surface area contributed by atoms with Gasteiger partial charge in [-0.3, -0.25) is 9.59 Å². The minimum atomic E-state index is -5.98. The molecule has 15 heteroatoms. The average molecular weight is 715 g/mol. The summed E-state index contributed by atoms with van der Waals surface area (Å²) in [5, 5.41) is 0. The van der Waals surface area contributed by atoms with E-state index in [0.29, 0.717) is 38.1 Å². The van der Waals surface area contributed by atoms with E-state index in [1.807, 2.05) is 0 Å². The maximum absolute atomic E-state index is 14.5. The van der Waals surface area contributed by atoms with Crippen LogP contribution in [0.5, 0.6) is 0 Å². The Bertz CT molecular complexity index is 1740. The fraction of sp³-hybridized carbons (Fsp3) is 0.412. The van der Waals surface area contributed by atoms with Gasteiger partial charge in [-0.2, -0.15) is 26.3 Å². The quantitative estimate of drug-likeness (QED) is 0.196. The van der Waals surface area contributed by atoms with Crippen molar-refractivity contribution in [1.29, 1.82) is 0 Å². The summed E-state index contributed by atoms with van der Waals surface area (Å²) in [4.78, 5) is 27.9. The van der Waals surface area contributed by atoms with E-state index in [1.165, 1.54) is 42.2 Å². The van der Waals surface area contributed by atoms with E-state index < -0.39 is 63.0 Å². The fourth-order valence-electron chi connectivity index (χ4n) is 6.63. The van der Waals surface area contributed by atoms with Crippen LogP contribution in [-0.2, 0) is 41.1 Å². The van der Waals surface area contributed by atoms with Crippen molar-refractivity contribution in [3.8, 4) is 0 Å². The summed E-state index contributed by atoms with van der Waals surface area (Å²) in [7, 11) is -4.53. The number of rotatable bonds is 8. The second kappa shape index (κ2) is 13.4. The van der Waals surface area contributed by atoms with Crippen molar-refractivity contribution in [2.24, 2.45) is 5.92 Å². The maximum Gasteiger partial charge on any atom is 0.430 e. The Morgan fingerprint density at radius 1 is 0.816 bits per heavy atom. The number of carbonyl (C=O) groups is 2. The monoisotopic (exact) mass is 714 g/mol. The fourth-order valence-corrected chi connectivity index (χ4v) is 8.71. The van der Waals surface area contributed by atoms with Gasteiger partial charge in [0.1, 0.15) is 10.6 Å². The van der Waals surface area contributed by atoms with Crippen molar-refractivity contribution in [3.05, 3.63) is 101 Å². The molecule has 2 amide bonds. The van der Waals surface area contributed by atoms with Gasteiger partial charge in [0.05, 0.1) is 11.5 Å². The van der Waals surface area contributed by atoms with Gasteiger partial charge in [-0.25, -0.2) is 12.8 Å². The molecule has 3 aromatic rings. The highest BCUT2D eigenvalue weighted by Crippen LogP contribution is 2.54. The van der Waals surface area contributed by atoms with E-state index in [2.05, 4.69) is 0 Å². The first-order chi connectivity index (χ1) is 22.9. The van der Waals surface area contributed by atoms with Crippen molar-refractivity contribution >= 4 is 21.7 Å². The highest BCUT2D eigenvalue weighted by Gasteiger charge is 2.73. The highest BCUT2D eigenvalue weighted by molar-refractivity contribution is 7.92. The van der Waals surface area contributed by atoms with E-state index in [4.69, 9.17) is 4.74 Å². The first kappa shape index (κ1) is 36.3. The molecule has 2 fully saturated rings. The number of halogens is 7. The third kappa shape index (κ3) is 6.66. The first-order valence-corrected chi connectivity index (χ1v) is 16.9. The average Bonchev–Trinajstić information content (AvgIpc) is 3.52. The van der Waals surface area contributed by atoms with Crippen LogP contribution in [0.3, 0.4) is 0 Å². The second-order valence-corrected chi connectivity index (χ2v) is 14.5. The van der Waals surface area contributed by atoms with E-state index in [1.54, 1.807) is 4.90 Å². The molecule has 0 N–H and O–H groups in total. The summed E-state index contributed by atoms with van der Waals surface area (Å²) in [5.74, 6) is -1.78. The number of piperidine rings is 1. The number of hydrogen-bond donors (Lipinski definition) is 0. The zero-order chi connectivity index (χ0) is 35.8. The van der Waals surface area contributed by atoms with Gasteiger partial charge in [0, 0.05) is 44.6 Å². The van der Waals surface area contributed by atoms with Crippen LogP contribution in [0, 0.1) is 11.7 Å². The molecule has 0 aromatic heterocycles. The van der Waals surface area contributed by atoms with Gasteiger partial charge < -0.3 is 14.5 Å². The molecule has 0 spiro atoms. The number of nitrogens with zero attached hydrogens (tertiary/aromatic N) is 2. The Labute approximate surface area is 278 Å². The zero-order valence-corrected chi connectivity index (χ0v) is 27.0. The van der Waals surface area contributed by atoms with Crippen LogP contribution in [0.1, 0.15) is 42.9 Å². The molecule has 0 unspecified atom stereocenters. The number of hydrogen-bond acceptors (Lipinski definition) is 5. The van der Waals surface area contributed by atoms with Crippen LogP contribution in [0.4, 0.5) is 30.7 Å². The molecule has 1 atom stereocenters. The van der Waals surface area contributed by atoms with Gasteiger partial charge in [-0.15, -0.1) is 0 Å². The van der Waals surface area contributed by atoms with Gasteiger partial charge in [0.2, 0.25) is 11.8 Å². The summed E-state index contributed by atoms with van der Waals surface area (Å²) < 4.78 is 132. The minimum Gasteiger partial charge on any atom is -0.349 e. The minimum absolute atomic E-state index is 0.0593. The van der Waals surface area contributed by atoms with Gasteiger partial charge in [0.15, 0.2) is 9.84 Å². The zero-order valence-electron chi connectivity index (χ0n) is 26.2. The second-order valence-electron chi connectivity index (χ2n) is 12.3. The summed E-state index contributed by atoms with van der Waals surface area (Å²) >= 11 is 0. The molecule has 0 radical (unpaired) electrons. The Balaban J connectivity index is 1.55. The van der Waals surface area contributed by atoms with Gasteiger partial charge in [0.25, 0.3) is 5.60 Å². The van der Waals surface area contributed by atoms with Crippen LogP contribution in [0.2, 0.25) is 0 Å². The molecule has 2 saturated heterocycles. The number of sulfone groups is 1. The van der Waals surface area contributed by atoms with Crippen molar-refractivity contribution in [3.63, 3.8) is 0 Å². The SMILES string of the molecule is CC(=O)N1CCC(C(=O)N2CC[C@](c3ccc(C(OCc4ccccc4)(C(F)(F)F)C(F)(F)F)cc3)(S(=O)(=O)c3ccc(F)cc3)C2)CC1. The maximum atomic E-state index is 14.5. The number of alkyl halides is 6. The number of carbonyl (C=O) groups excluding carboxylic acids is 2. The van der Waals surface area contributed by atoms with Crippen molar-refractivity contribution < 1.29 is 53.5 Å². The van der Waals surface area contributed by atoms with Crippen molar-refractivity contribution in [1.82, 2.24) is 9.80 Å². The summed E-state index contributed by atoms with van der Waals surface area (Å²) in [6.45, 7) is 0.493. The normalized spacial score (nSPS) is 19.7. The molecule has 0 aliphatic carbocycles. The number of amides is 2. The molecule has 2 heterocycles. The van der Waals surface area contributed by atoms with Gasteiger partial charge in [-0.1, -0.05) is 54.6 Å². The lowest BCUT2D eigenvalue weighted by atomic mass is 9.88. The predicted octanol–water partition coefficient (Wildman–Crippen LogP) is 6.52. The third-order valence-corrected chi connectivity index (χ3v) is 11.9. The van der Waals surface area contributed by atoms with E-state index in [0.717, 1.165) is 36.4 Å². The lowest BCUT2D eigenvalue weighted by molar-refractivity contribution is -0.392. The number of benzene rings is 3. The molecule has 7 nitrogen and oxygen atoms in total. The standard InChI is InChI=1S/C34H33F7N2O5S/c1-23(44)42-18-15-25(16-19-42)30(45)43-20-17-31(22-43,49(46,47)29-13-11-28(35)12-14-29)26-7-9-27(10-8-26)32(33(36,37)38,34(39,40)41)48-21-24-5-3-2-4-6-24/h2-14,25H,15-22H2,1H3/t31-/m0/s1. The van der Waals surface area contributed by atoms with Crippen LogP contribution in [0.25, 0.3) is 0 Å². The molecule has 2 aliphatic heterocycles. The van der Waals surface area contributed by atoms with E-state index >= 15 is 0 Å². The molecule has 49 heavy (non-hydrogen) atoms. The van der Waals surface area contributed by atoms with Crippen LogP contribution in [0.15, 0.2) is 83.8 Å². The summed E-state index contributed by atoms with van der Waals surface area (Å²) in [5.41, 5.74) is -6.17. The molecule has 5 rings (SSSR count). The summed E-state index contributed by atoms with van der Waals surface area (Å²) in [6, 6.07) is 13.7. The molecule has 0 saturated carbocycles. The molecule has 2 aliphatic rings. The van der Waals surface area contributed by atoms with Gasteiger partial charge in [-0.05, 0) is 54.7 Å². The lowest BCUT2D eigenvalue weighted by Gasteiger charge is -2.38. The Morgan fingerprint density at radius 3 is 1.92 bits per heavy atom. The molecule has 0 bridgehead atoms. The number of likely N-dealkylation sites (tertiary alicyclic amines) is 2. The predicted molar refractivity (Wildman–Crippen MR) is 163 cm³/mol. The van der Waals surface area contributed by atoms with Crippen LogP contribution < -0.4 is 0 Å². The molecule has 264 valence electrons. The third-order valence-electron chi connectivity index (χ3n) is 9.39. The highest BCUT2D eigenvalue weighted by atomic mass is 32.2. The largest absolute Gasteiger partial charge is 0.430 e. The van der Waals surface area contributed by atoms with Crippen LogP contribution in [-0.4, -0.2) is 68.6 Å². The molecular formula is C34H33F7N2O5S. The van der Waals surface area contributed by atoms with E-state index in [9.17, 15) is 48.7 Å². The smallest absolute Gasteiger partial charge is 0.349 e. The summed E-state index contributed by atoms with van der Waals surface area (Å²) in [6.07, 6.45) is -11.5. The van der Waals surface area contributed by atoms with E-state index in [-0.39, 0.29) is 40.8 Å². The molecule has 3 aromatic carbocycles. The van der Waals surface area contributed by atoms with Crippen molar-refractivity contribution in [2.75, 3.05) is 26.2 Å². The Hall–Kier alpha value is -3.98. The lowest BCUT2D eigenvalue weighted by Crippen LogP contribution is -2.55.